The maximum atomic E-state index is 13.0. The highest BCUT2D eigenvalue weighted by molar-refractivity contribution is 6.01. The van der Waals surface area contributed by atoms with Gasteiger partial charge in [0.15, 0.2) is 5.65 Å². The lowest BCUT2D eigenvalue weighted by Crippen LogP contribution is -2.43. The fourth-order valence-electron chi connectivity index (χ4n) is 3.33. The Balaban J connectivity index is 1.96. The average molecular weight is 316 g/mol. The monoisotopic (exact) mass is 316 g/mol. The molecule has 0 radical (unpaired) electrons. The summed E-state index contributed by atoms with van der Waals surface area (Å²) in [5.74, 6) is 0.0133. The van der Waals surface area contributed by atoms with Gasteiger partial charge in [0, 0.05) is 31.1 Å². The fourth-order valence-corrected chi connectivity index (χ4v) is 3.33. The molecule has 0 aromatic carbocycles. The van der Waals surface area contributed by atoms with Gasteiger partial charge in [0.25, 0.3) is 5.91 Å². The van der Waals surface area contributed by atoms with Crippen molar-refractivity contribution in [2.75, 3.05) is 19.7 Å². The summed E-state index contributed by atoms with van der Waals surface area (Å²) >= 11 is 0. The van der Waals surface area contributed by atoms with E-state index in [9.17, 15) is 4.79 Å². The third-order valence-electron chi connectivity index (χ3n) is 4.35. The summed E-state index contributed by atoms with van der Waals surface area (Å²) < 4.78 is 7.47. The second kappa shape index (κ2) is 6.28. The number of amides is 1. The van der Waals surface area contributed by atoms with Crippen LogP contribution in [-0.2, 0) is 4.74 Å². The number of hydrogen-bond donors (Lipinski definition) is 0. The van der Waals surface area contributed by atoms with Crippen LogP contribution in [0.4, 0.5) is 0 Å². The van der Waals surface area contributed by atoms with Gasteiger partial charge in [-0.2, -0.15) is 5.10 Å². The summed E-state index contributed by atoms with van der Waals surface area (Å²) in [6.07, 6.45) is 2.12. The van der Waals surface area contributed by atoms with Crippen molar-refractivity contribution in [3.63, 3.8) is 0 Å². The number of rotatable bonds is 3. The van der Waals surface area contributed by atoms with E-state index >= 15 is 0 Å². The Kier molecular flexibility index (Phi) is 4.35. The first-order valence-corrected chi connectivity index (χ1v) is 8.25. The van der Waals surface area contributed by atoms with Crippen LogP contribution in [0, 0.1) is 20.8 Å². The molecular formula is C17H24N4O2. The van der Waals surface area contributed by atoms with Gasteiger partial charge >= 0.3 is 0 Å². The molecule has 0 bridgehead atoms. The number of nitrogens with zero attached hydrogens (tertiary/aromatic N) is 4. The van der Waals surface area contributed by atoms with Crippen LogP contribution in [0.15, 0.2) is 6.07 Å². The summed E-state index contributed by atoms with van der Waals surface area (Å²) in [5.41, 5.74) is 3.89. The summed E-state index contributed by atoms with van der Waals surface area (Å²) in [4.78, 5) is 19.5. The molecule has 23 heavy (non-hydrogen) atoms. The van der Waals surface area contributed by atoms with E-state index in [-0.39, 0.29) is 12.0 Å². The standard InChI is InChI=1S/C17H24N4O2/c1-5-23-14-7-6-8-20(10-14)17(22)15-13(4)19-21-12(3)9-11(2)18-16(15)21/h9,14H,5-8,10H2,1-4H3/t14-/m1/s1. The number of carbonyl (C=O) groups is 1. The number of hydrogen-bond acceptors (Lipinski definition) is 4. The number of likely N-dealkylation sites (tertiary alicyclic amines) is 1. The van der Waals surface area contributed by atoms with Gasteiger partial charge in [0.2, 0.25) is 0 Å². The van der Waals surface area contributed by atoms with E-state index in [1.807, 2.05) is 38.7 Å². The molecule has 0 spiro atoms. The van der Waals surface area contributed by atoms with E-state index in [2.05, 4.69) is 10.1 Å². The highest BCUT2D eigenvalue weighted by atomic mass is 16.5. The Morgan fingerprint density at radius 3 is 2.91 bits per heavy atom. The van der Waals surface area contributed by atoms with Crippen LogP contribution >= 0.6 is 0 Å². The maximum Gasteiger partial charge on any atom is 0.259 e. The minimum Gasteiger partial charge on any atom is -0.377 e. The Morgan fingerprint density at radius 2 is 2.17 bits per heavy atom. The molecule has 6 nitrogen and oxygen atoms in total. The minimum atomic E-state index is 0.0133. The van der Waals surface area contributed by atoms with Crippen LogP contribution in [0.2, 0.25) is 0 Å². The maximum absolute atomic E-state index is 13.0. The SMILES string of the molecule is CCO[C@@H]1CCCN(C(=O)c2c(C)nn3c(C)cc(C)nc23)C1. The van der Waals surface area contributed by atoms with E-state index in [0.29, 0.717) is 24.4 Å². The van der Waals surface area contributed by atoms with Gasteiger partial charge in [0.1, 0.15) is 5.56 Å². The van der Waals surface area contributed by atoms with Gasteiger partial charge in [-0.05, 0) is 46.6 Å². The zero-order valence-electron chi connectivity index (χ0n) is 14.3. The Hall–Kier alpha value is -1.95. The molecule has 6 heteroatoms. The summed E-state index contributed by atoms with van der Waals surface area (Å²) in [7, 11) is 0. The highest BCUT2D eigenvalue weighted by Crippen LogP contribution is 2.21. The van der Waals surface area contributed by atoms with Crippen molar-refractivity contribution in [3.8, 4) is 0 Å². The van der Waals surface area contributed by atoms with Gasteiger partial charge in [-0.15, -0.1) is 0 Å². The smallest absolute Gasteiger partial charge is 0.259 e. The van der Waals surface area contributed by atoms with E-state index in [1.54, 1.807) is 4.52 Å². The molecule has 1 saturated heterocycles. The lowest BCUT2D eigenvalue weighted by molar-refractivity contribution is 0.00727. The highest BCUT2D eigenvalue weighted by Gasteiger charge is 2.29. The van der Waals surface area contributed by atoms with Gasteiger partial charge in [-0.25, -0.2) is 9.50 Å². The lowest BCUT2D eigenvalue weighted by Gasteiger charge is -2.32. The van der Waals surface area contributed by atoms with E-state index in [0.717, 1.165) is 36.5 Å². The fraction of sp³-hybridized carbons (Fsp3) is 0.588. The van der Waals surface area contributed by atoms with Crippen LogP contribution in [0.25, 0.3) is 5.65 Å². The molecule has 0 N–H and O–H groups in total. The molecule has 0 saturated carbocycles. The minimum absolute atomic E-state index is 0.0133. The predicted octanol–water partition coefficient (Wildman–Crippen LogP) is 2.30. The van der Waals surface area contributed by atoms with Crippen molar-refractivity contribution in [2.24, 2.45) is 0 Å². The van der Waals surface area contributed by atoms with Crippen molar-refractivity contribution >= 4 is 11.6 Å². The molecule has 3 heterocycles. The second-order valence-electron chi connectivity index (χ2n) is 6.21. The Bertz CT molecular complexity index is 736. The molecule has 2 aromatic heterocycles. The average Bonchev–Trinajstić information content (AvgIpc) is 2.84. The van der Waals surface area contributed by atoms with Gasteiger partial charge in [-0.1, -0.05) is 0 Å². The van der Waals surface area contributed by atoms with Gasteiger partial charge in [-0.3, -0.25) is 4.79 Å². The van der Waals surface area contributed by atoms with E-state index in [4.69, 9.17) is 4.74 Å². The molecule has 0 aliphatic carbocycles. The molecule has 1 aliphatic heterocycles. The molecule has 1 aliphatic rings. The van der Waals surface area contributed by atoms with Gasteiger partial charge in [0.05, 0.1) is 11.8 Å². The van der Waals surface area contributed by atoms with Crippen molar-refractivity contribution in [2.45, 2.75) is 46.6 Å². The van der Waals surface area contributed by atoms with Crippen molar-refractivity contribution in [1.29, 1.82) is 0 Å². The van der Waals surface area contributed by atoms with Crippen molar-refractivity contribution in [1.82, 2.24) is 19.5 Å². The first-order chi connectivity index (χ1) is 11.0. The van der Waals surface area contributed by atoms with E-state index in [1.165, 1.54) is 0 Å². The number of aryl methyl sites for hydroxylation is 3. The number of carbonyl (C=O) groups excluding carboxylic acids is 1. The van der Waals surface area contributed by atoms with Crippen LogP contribution in [0.3, 0.4) is 0 Å². The summed E-state index contributed by atoms with van der Waals surface area (Å²) in [5, 5.41) is 4.50. The van der Waals surface area contributed by atoms with Crippen LogP contribution in [0.1, 0.15) is 47.2 Å². The van der Waals surface area contributed by atoms with Crippen LogP contribution < -0.4 is 0 Å². The van der Waals surface area contributed by atoms with E-state index < -0.39 is 0 Å². The van der Waals surface area contributed by atoms with Crippen LogP contribution in [0.5, 0.6) is 0 Å². The lowest BCUT2D eigenvalue weighted by atomic mass is 10.1. The molecule has 0 unspecified atom stereocenters. The normalized spacial score (nSPS) is 18.6. The summed E-state index contributed by atoms with van der Waals surface area (Å²) in [6, 6.07) is 1.97. The predicted molar refractivity (Wildman–Crippen MR) is 87.7 cm³/mol. The quantitative estimate of drug-likeness (QED) is 0.872. The number of fused-ring (bicyclic) bond motifs is 1. The first-order valence-electron chi connectivity index (χ1n) is 8.25. The molecule has 3 rings (SSSR count). The molecule has 2 aromatic rings. The molecule has 1 atom stereocenters. The number of aromatic nitrogens is 3. The van der Waals surface area contributed by atoms with Crippen molar-refractivity contribution < 1.29 is 9.53 Å². The van der Waals surface area contributed by atoms with Gasteiger partial charge < -0.3 is 9.64 Å². The largest absolute Gasteiger partial charge is 0.377 e. The molecule has 1 fully saturated rings. The first kappa shape index (κ1) is 15.9. The summed E-state index contributed by atoms with van der Waals surface area (Å²) in [6.45, 7) is 9.89. The molecular weight excluding hydrogens is 292 g/mol. The third-order valence-corrected chi connectivity index (χ3v) is 4.35. The number of ether oxygens (including phenoxy) is 1. The topological polar surface area (TPSA) is 59.7 Å². The second-order valence-corrected chi connectivity index (χ2v) is 6.21. The Labute approximate surface area is 136 Å². The van der Waals surface area contributed by atoms with Crippen molar-refractivity contribution in [3.05, 3.63) is 28.7 Å². The molecule has 124 valence electrons. The van der Waals surface area contributed by atoms with Crippen LogP contribution in [-0.4, -0.2) is 51.2 Å². The Morgan fingerprint density at radius 1 is 1.39 bits per heavy atom. The number of piperidine rings is 1. The zero-order valence-corrected chi connectivity index (χ0v) is 14.3. The molecule has 1 amide bonds. The zero-order chi connectivity index (χ0) is 16.6. The third kappa shape index (κ3) is 2.95.